The van der Waals surface area contributed by atoms with Gasteiger partial charge in [-0.05, 0) is 33.4 Å². The number of amides is 1. The summed E-state index contributed by atoms with van der Waals surface area (Å²) in [7, 11) is 1.72. The molecule has 0 saturated carbocycles. The second kappa shape index (κ2) is 6.64. The van der Waals surface area contributed by atoms with Crippen LogP contribution >= 0.6 is 0 Å². The van der Waals surface area contributed by atoms with Gasteiger partial charge in [-0.25, -0.2) is 0 Å². The molecule has 0 bridgehead atoms. The minimum absolute atomic E-state index is 0.0688. The number of aryl methyl sites for hydroxylation is 1. The standard InChI is InChI=1S/C14H21N3O4/c1-10-5-6-11(17(20)21)7-12(10)15-13(18)8-16(4)9-14(2,3)19/h5-7,19H,8-9H2,1-4H3,(H,15,18). The molecule has 21 heavy (non-hydrogen) atoms. The van der Waals surface area contributed by atoms with Gasteiger partial charge in [0.05, 0.1) is 22.8 Å². The van der Waals surface area contributed by atoms with E-state index >= 15 is 0 Å². The van der Waals surface area contributed by atoms with E-state index in [1.54, 1.807) is 38.8 Å². The van der Waals surface area contributed by atoms with Crippen LogP contribution in [0.1, 0.15) is 19.4 Å². The molecule has 0 unspecified atom stereocenters. The third-order valence-corrected chi connectivity index (χ3v) is 2.78. The number of rotatable bonds is 6. The molecule has 2 N–H and O–H groups in total. The van der Waals surface area contributed by atoms with E-state index in [9.17, 15) is 20.0 Å². The van der Waals surface area contributed by atoms with Crippen LogP contribution in [0.15, 0.2) is 18.2 Å². The average molecular weight is 295 g/mol. The summed E-state index contributed by atoms with van der Waals surface area (Å²) in [6, 6.07) is 4.32. The number of nitrogens with one attached hydrogen (secondary N) is 1. The van der Waals surface area contributed by atoms with Gasteiger partial charge in [0, 0.05) is 18.7 Å². The molecule has 0 radical (unpaired) electrons. The summed E-state index contributed by atoms with van der Waals surface area (Å²) >= 11 is 0. The van der Waals surface area contributed by atoms with Crippen molar-refractivity contribution in [3.8, 4) is 0 Å². The molecule has 116 valence electrons. The zero-order valence-electron chi connectivity index (χ0n) is 12.7. The van der Waals surface area contributed by atoms with Gasteiger partial charge in [-0.3, -0.25) is 19.8 Å². The maximum absolute atomic E-state index is 11.9. The highest BCUT2D eigenvalue weighted by Crippen LogP contribution is 2.21. The van der Waals surface area contributed by atoms with Gasteiger partial charge in [-0.15, -0.1) is 0 Å². The Bertz CT molecular complexity index is 538. The smallest absolute Gasteiger partial charge is 0.271 e. The predicted molar refractivity (Wildman–Crippen MR) is 80.3 cm³/mol. The summed E-state index contributed by atoms with van der Waals surface area (Å²) in [5.74, 6) is -0.287. The molecule has 0 aliphatic rings. The third-order valence-electron chi connectivity index (χ3n) is 2.78. The van der Waals surface area contributed by atoms with Crippen molar-refractivity contribution >= 4 is 17.3 Å². The molecule has 0 spiro atoms. The Morgan fingerprint density at radius 3 is 2.62 bits per heavy atom. The van der Waals surface area contributed by atoms with Crippen LogP contribution in [0, 0.1) is 17.0 Å². The maximum Gasteiger partial charge on any atom is 0.271 e. The van der Waals surface area contributed by atoms with Crippen LogP contribution in [0.5, 0.6) is 0 Å². The second-order valence-electron chi connectivity index (χ2n) is 5.79. The van der Waals surface area contributed by atoms with Gasteiger partial charge in [0.25, 0.3) is 5.69 Å². The van der Waals surface area contributed by atoms with Crippen molar-refractivity contribution in [2.75, 3.05) is 25.5 Å². The highest BCUT2D eigenvalue weighted by molar-refractivity contribution is 5.93. The van der Waals surface area contributed by atoms with Crippen molar-refractivity contribution in [1.29, 1.82) is 0 Å². The monoisotopic (exact) mass is 295 g/mol. The summed E-state index contributed by atoms with van der Waals surface area (Å²) < 4.78 is 0. The Kier molecular flexibility index (Phi) is 5.40. The lowest BCUT2D eigenvalue weighted by Crippen LogP contribution is -2.40. The molecule has 0 saturated heterocycles. The Morgan fingerprint density at radius 2 is 2.10 bits per heavy atom. The molecule has 1 rings (SSSR count). The minimum atomic E-state index is -0.892. The van der Waals surface area contributed by atoms with Crippen molar-refractivity contribution in [2.24, 2.45) is 0 Å². The number of carbonyl (C=O) groups excluding carboxylic acids is 1. The summed E-state index contributed by atoms with van der Waals surface area (Å²) in [6.45, 7) is 5.51. The summed E-state index contributed by atoms with van der Waals surface area (Å²) in [5, 5.41) is 23.1. The van der Waals surface area contributed by atoms with E-state index in [0.717, 1.165) is 5.56 Å². The van der Waals surface area contributed by atoms with Crippen LogP contribution in [0.25, 0.3) is 0 Å². The molecular weight excluding hydrogens is 274 g/mol. The van der Waals surface area contributed by atoms with Crippen LogP contribution in [0.2, 0.25) is 0 Å². The summed E-state index contributed by atoms with van der Waals surface area (Å²) in [4.78, 5) is 23.9. The minimum Gasteiger partial charge on any atom is -0.389 e. The van der Waals surface area contributed by atoms with Crippen molar-refractivity contribution < 1.29 is 14.8 Å². The largest absolute Gasteiger partial charge is 0.389 e. The zero-order chi connectivity index (χ0) is 16.2. The number of anilines is 1. The number of hydrogen-bond donors (Lipinski definition) is 2. The molecule has 0 atom stereocenters. The fourth-order valence-electron chi connectivity index (χ4n) is 2.01. The number of hydrogen-bond acceptors (Lipinski definition) is 5. The molecule has 1 aromatic rings. The van der Waals surface area contributed by atoms with Crippen LogP contribution in [-0.4, -0.2) is 46.6 Å². The number of nitrogens with zero attached hydrogens (tertiary/aromatic N) is 2. The first-order valence-corrected chi connectivity index (χ1v) is 6.54. The molecule has 1 aromatic carbocycles. The lowest BCUT2D eigenvalue weighted by atomic mass is 10.1. The van der Waals surface area contributed by atoms with E-state index in [4.69, 9.17) is 0 Å². The first-order chi connectivity index (χ1) is 9.58. The average Bonchev–Trinajstić information content (AvgIpc) is 2.28. The first-order valence-electron chi connectivity index (χ1n) is 6.54. The van der Waals surface area contributed by atoms with E-state index in [1.807, 2.05) is 0 Å². The highest BCUT2D eigenvalue weighted by Gasteiger charge is 2.18. The lowest BCUT2D eigenvalue weighted by molar-refractivity contribution is -0.384. The van der Waals surface area contributed by atoms with Crippen LogP contribution in [-0.2, 0) is 4.79 Å². The van der Waals surface area contributed by atoms with E-state index in [2.05, 4.69) is 5.32 Å². The topological polar surface area (TPSA) is 95.7 Å². The van der Waals surface area contributed by atoms with Gasteiger partial charge in [0.15, 0.2) is 0 Å². The number of nitro benzene ring substituents is 1. The molecule has 0 fully saturated rings. The van der Waals surface area contributed by atoms with Crippen LogP contribution in [0.3, 0.4) is 0 Å². The van der Waals surface area contributed by atoms with Gasteiger partial charge in [-0.1, -0.05) is 6.07 Å². The number of aliphatic hydroxyl groups is 1. The molecule has 0 aliphatic heterocycles. The number of benzene rings is 1. The Balaban J connectivity index is 2.71. The van der Waals surface area contributed by atoms with Gasteiger partial charge < -0.3 is 10.4 Å². The van der Waals surface area contributed by atoms with E-state index in [1.165, 1.54) is 12.1 Å². The normalized spacial score (nSPS) is 11.5. The van der Waals surface area contributed by atoms with Crippen molar-refractivity contribution in [1.82, 2.24) is 4.90 Å². The number of likely N-dealkylation sites (N-methyl/N-ethyl adjacent to an activating group) is 1. The maximum atomic E-state index is 11.9. The molecule has 0 heterocycles. The van der Waals surface area contributed by atoms with Crippen molar-refractivity contribution in [3.05, 3.63) is 33.9 Å². The molecule has 1 amide bonds. The SMILES string of the molecule is Cc1ccc([N+](=O)[O-])cc1NC(=O)CN(C)CC(C)(C)O. The number of non-ortho nitro benzene ring substituents is 1. The van der Waals surface area contributed by atoms with E-state index in [-0.39, 0.29) is 18.1 Å². The fourth-order valence-corrected chi connectivity index (χ4v) is 2.01. The molecular formula is C14H21N3O4. The Labute approximate surface area is 123 Å². The first kappa shape index (κ1) is 17.1. The van der Waals surface area contributed by atoms with Crippen LogP contribution < -0.4 is 5.32 Å². The number of carbonyl (C=O) groups is 1. The fraction of sp³-hybridized carbons (Fsp3) is 0.500. The summed E-state index contributed by atoms with van der Waals surface area (Å²) in [6.07, 6.45) is 0. The third kappa shape index (κ3) is 5.88. The van der Waals surface area contributed by atoms with Gasteiger partial charge in [0.2, 0.25) is 5.91 Å². The molecule has 0 aliphatic carbocycles. The van der Waals surface area contributed by atoms with E-state index in [0.29, 0.717) is 12.2 Å². The Morgan fingerprint density at radius 1 is 1.48 bits per heavy atom. The summed E-state index contributed by atoms with van der Waals surface area (Å²) in [5.41, 5.74) is 0.210. The molecule has 7 heteroatoms. The Hall–Kier alpha value is -1.99. The van der Waals surface area contributed by atoms with Crippen molar-refractivity contribution in [3.63, 3.8) is 0 Å². The predicted octanol–water partition coefficient (Wildman–Crippen LogP) is 1.54. The quantitative estimate of drug-likeness (QED) is 0.613. The lowest BCUT2D eigenvalue weighted by Gasteiger charge is -2.24. The second-order valence-corrected chi connectivity index (χ2v) is 5.79. The van der Waals surface area contributed by atoms with Gasteiger partial charge in [0.1, 0.15) is 0 Å². The molecule has 7 nitrogen and oxygen atoms in total. The van der Waals surface area contributed by atoms with Crippen LogP contribution in [0.4, 0.5) is 11.4 Å². The highest BCUT2D eigenvalue weighted by atomic mass is 16.6. The van der Waals surface area contributed by atoms with Gasteiger partial charge >= 0.3 is 0 Å². The van der Waals surface area contributed by atoms with Gasteiger partial charge in [-0.2, -0.15) is 0 Å². The van der Waals surface area contributed by atoms with Crippen molar-refractivity contribution in [2.45, 2.75) is 26.4 Å². The number of nitro groups is 1. The zero-order valence-corrected chi connectivity index (χ0v) is 12.7. The molecule has 0 aromatic heterocycles. The van der Waals surface area contributed by atoms with E-state index < -0.39 is 10.5 Å².